The molecular formula is C21H24N2O4S. The Balaban J connectivity index is 1.55. The van der Waals surface area contributed by atoms with Crippen LogP contribution in [0, 0.1) is 6.92 Å². The molecule has 0 spiro atoms. The molecule has 2 aromatic rings. The van der Waals surface area contributed by atoms with Gasteiger partial charge in [-0.15, -0.1) is 0 Å². The molecule has 7 heteroatoms. The molecule has 28 heavy (non-hydrogen) atoms. The molecular weight excluding hydrogens is 376 g/mol. The van der Waals surface area contributed by atoms with Crippen LogP contribution in [0.25, 0.3) is 6.08 Å². The Hall–Kier alpha value is -2.48. The summed E-state index contributed by atoms with van der Waals surface area (Å²) >= 11 is 0. The van der Waals surface area contributed by atoms with Crippen LogP contribution in [0.15, 0.2) is 59.5 Å². The van der Waals surface area contributed by atoms with Gasteiger partial charge in [-0.3, -0.25) is 4.79 Å². The van der Waals surface area contributed by atoms with Gasteiger partial charge in [0.1, 0.15) is 0 Å². The van der Waals surface area contributed by atoms with Crippen LogP contribution < -0.4 is 10.0 Å². The second-order valence-corrected chi connectivity index (χ2v) is 8.51. The lowest BCUT2D eigenvalue weighted by Gasteiger charge is -2.11. The van der Waals surface area contributed by atoms with E-state index in [-0.39, 0.29) is 23.5 Å². The van der Waals surface area contributed by atoms with Crippen LogP contribution in [0.5, 0.6) is 0 Å². The molecule has 0 saturated carbocycles. The Morgan fingerprint density at radius 3 is 2.50 bits per heavy atom. The lowest BCUT2D eigenvalue weighted by molar-refractivity contribution is -0.111. The zero-order valence-electron chi connectivity index (χ0n) is 15.7. The molecule has 1 amide bonds. The predicted molar refractivity (Wildman–Crippen MR) is 109 cm³/mol. The molecule has 1 heterocycles. The SMILES string of the molecule is Cc1ccc(/C=C/C(=O)Nc2ccc(S(=O)(=O)NCC3CCCO3)cc2)cc1. The third-order valence-electron chi connectivity index (χ3n) is 4.46. The Bertz CT molecular complexity index is 929. The third kappa shape index (κ3) is 5.76. The number of amides is 1. The van der Waals surface area contributed by atoms with Crippen LogP contribution in [-0.2, 0) is 19.6 Å². The van der Waals surface area contributed by atoms with Crippen molar-refractivity contribution in [3.8, 4) is 0 Å². The summed E-state index contributed by atoms with van der Waals surface area (Å²) in [5.74, 6) is -0.285. The molecule has 1 aliphatic rings. The van der Waals surface area contributed by atoms with Gasteiger partial charge in [-0.05, 0) is 55.7 Å². The van der Waals surface area contributed by atoms with Gasteiger partial charge >= 0.3 is 0 Å². The van der Waals surface area contributed by atoms with Gasteiger partial charge in [-0.1, -0.05) is 29.8 Å². The maximum atomic E-state index is 12.3. The molecule has 1 fully saturated rings. The largest absolute Gasteiger partial charge is 0.377 e. The number of hydrogen-bond acceptors (Lipinski definition) is 4. The van der Waals surface area contributed by atoms with E-state index >= 15 is 0 Å². The molecule has 0 radical (unpaired) electrons. The van der Waals surface area contributed by atoms with Crippen molar-refractivity contribution >= 4 is 27.7 Å². The number of anilines is 1. The van der Waals surface area contributed by atoms with Crippen LogP contribution in [0.4, 0.5) is 5.69 Å². The number of hydrogen-bond donors (Lipinski definition) is 2. The van der Waals surface area contributed by atoms with Gasteiger partial charge in [-0.2, -0.15) is 0 Å². The minimum absolute atomic E-state index is 0.0614. The van der Waals surface area contributed by atoms with Gasteiger partial charge in [0.25, 0.3) is 0 Å². The summed E-state index contributed by atoms with van der Waals surface area (Å²) in [6, 6.07) is 13.9. The van der Waals surface area contributed by atoms with Crippen LogP contribution in [0.1, 0.15) is 24.0 Å². The predicted octanol–water partition coefficient (Wildman–Crippen LogP) is 3.10. The van der Waals surface area contributed by atoms with Crippen molar-refractivity contribution in [3.63, 3.8) is 0 Å². The molecule has 148 valence electrons. The molecule has 0 bridgehead atoms. The first-order valence-corrected chi connectivity index (χ1v) is 10.7. The summed E-state index contributed by atoms with van der Waals surface area (Å²) in [6.07, 6.45) is 4.93. The highest BCUT2D eigenvalue weighted by molar-refractivity contribution is 7.89. The standard InChI is InChI=1S/C21H24N2O4S/c1-16-4-6-17(7-5-16)8-13-21(24)23-18-9-11-20(12-10-18)28(25,26)22-15-19-3-2-14-27-19/h4-13,19,22H,2-3,14-15H2,1H3,(H,23,24)/b13-8+. The highest BCUT2D eigenvalue weighted by Crippen LogP contribution is 2.16. The number of benzene rings is 2. The fraction of sp³-hybridized carbons (Fsp3) is 0.286. The fourth-order valence-electron chi connectivity index (χ4n) is 2.84. The lowest BCUT2D eigenvalue weighted by atomic mass is 10.1. The van der Waals surface area contributed by atoms with Crippen molar-refractivity contribution in [2.75, 3.05) is 18.5 Å². The van der Waals surface area contributed by atoms with Crippen LogP contribution in [-0.4, -0.2) is 33.6 Å². The molecule has 1 unspecified atom stereocenters. The minimum atomic E-state index is -3.60. The third-order valence-corrected chi connectivity index (χ3v) is 5.90. The number of ether oxygens (including phenoxy) is 1. The molecule has 1 atom stereocenters. The van der Waals surface area contributed by atoms with E-state index in [1.54, 1.807) is 18.2 Å². The summed E-state index contributed by atoms with van der Waals surface area (Å²) in [5.41, 5.74) is 2.61. The van der Waals surface area contributed by atoms with Gasteiger partial charge in [0.15, 0.2) is 0 Å². The molecule has 1 saturated heterocycles. The number of rotatable bonds is 7. The van der Waals surface area contributed by atoms with E-state index in [1.807, 2.05) is 31.2 Å². The molecule has 2 aromatic carbocycles. The highest BCUT2D eigenvalue weighted by atomic mass is 32.2. The number of nitrogens with one attached hydrogen (secondary N) is 2. The van der Waals surface area contributed by atoms with Crippen LogP contribution >= 0.6 is 0 Å². The number of carbonyl (C=O) groups excluding carboxylic acids is 1. The molecule has 3 rings (SSSR count). The molecule has 0 aromatic heterocycles. The Labute approximate surface area is 165 Å². The van der Waals surface area contributed by atoms with E-state index < -0.39 is 10.0 Å². The Morgan fingerprint density at radius 2 is 1.86 bits per heavy atom. The second kappa shape index (κ2) is 9.14. The summed E-state index contributed by atoms with van der Waals surface area (Å²) in [7, 11) is -3.60. The van der Waals surface area contributed by atoms with E-state index in [1.165, 1.54) is 18.2 Å². The average Bonchev–Trinajstić information content (AvgIpc) is 3.20. The van der Waals surface area contributed by atoms with Crippen LogP contribution in [0.3, 0.4) is 0 Å². The molecule has 2 N–H and O–H groups in total. The molecule has 1 aliphatic heterocycles. The van der Waals surface area contributed by atoms with Crippen molar-refractivity contribution in [1.82, 2.24) is 4.72 Å². The first-order valence-electron chi connectivity index (χ1n) is 9.19. The van der Waals surface area contributed by atoms with E-state index in [2.05, 4.69) is 10.0 Å². The summed E-state index contributed by atoms with van der Waals surface area (Å²) in [5, 5.41) is 2.72. The number of aryl methyl sites for hydroxylation is 1. The molecule has 0 aliphatic carbocycles. The Kier molecular flexibility index (Phi) is 6.61. The lowest BCUT2D eigenvalue weighted by Crippen LogP contribution is -2.31. The summed E-state index contributed by atoms with van der Waals surface area (Å²) in [4.78, 5) is 12.2. The van der Waals surface area contributed by atoms with Gasteiger partial charge in [0.2, 0.25) is 15.9 Å². The van der Waals surface area contributed by atoms with Crippen molar-refractivity contribution < 1.29 is 17.9 Å². The first-order chi connectivity index (χ1) is 13.4. The normalized spacial score (nSPS) is 17.1. The smallest absolute Gasteiger partial charge is 0.248 e. The molecule has 6 nitrogen and oxygen atoms in total. The Morgan fingerprint density at radius 1 is 1.14 bits per heavy atom. The van der Waals surface area contributed by atoms with Crippen LogP contribution in [0.2, 0.25) is 0 Å². The minimum Gasteiger partial charge on any atom is -0.377 e. The van der Waals surface area contributed by atoms with Crippen molar-refractivity contribution in [3.05, 3.63) is 65.7 Å². The van der Waals surface area contributed by atoms with Gasteiger partial charge < -0.3 is 10.1 Å². The quantitative estimate of drug-likeness (QED) is 0.700. The van der Waals surface area contributed by atoms with E-state index in [0.717, 1.165) is 24.0 Å². The van der Waals surface area contributed by atoms with Crippen molar-refractivity contribution in [2.45, 2.75) is 30.8 Å². The second-order valence-electron chi connectivity index (χ2n) is 6.74. The van der Waals surface area contributed by atoms with Crippen molar-refractivity contribution in [1.29, 1.82) is 0 Å². The number of sulfonamides is 1. The monoisotopic (exact) mass is 400 g/mol. The maximum Gasteiger partial charge on any atom is 0.248 e. The van der Waals surface area contributed by atoms with Gasteiger partial charge in [0.05, 0.1) is 11.0 Å². The average molecular weight is 401 g/mol. The van der Waals surface area contributed by atoms with Gasteiger partial charge in [0, 0.05) is 24.9 Å². The number of carbonyl (C=O) groups is 1. The van der Waals surface area contributed by atoms with E-state index in [0.29, 0.717) is 12.3 Å². The zero-order chi connectivity index (χ0) is 20.0. The summed E-state index contributed by atoms with van der Waals surface area (Å²) < 4.78 is 32.7. The fourth-order valence-corrected chi connectivity index (χ4v) is 3.91. The highest BCUT2D eigenvalue weighted by Gasteiger charge is 2.20. The maximum absolute atomic E-state index is 12.3. The van der Waals surface area contributed by atoms with Crippen molar-refractivity contribution in [2.24, 2.45) is 0 Å². The zero-order valence-corrected chi connectivity index (χ0v) is 16.5. The summed E-state index contributed by atoms with van der Waals surface area (Å²) in [6.45, 7) is 2.95. The first kappa shape index (κ1) is 20.3. The van der Waals surface area contributed by atoms with Gasteiger partial charge in [-0.25, -0.2) is 13.1 Å². The topological polar surface area (TPSA) is 84.5 Å². The van der Waals surface area contributed by atoms with E-state index in [9.17, 15) is 13.2 Å². The van der Waals surface area contributed by atoms with E-state index in [4.69, 9.17) is 4.74 Å².